The molecule has 6 heteroatoms. The molecule has 1 N–H and O–H groups in total. The van der Waals surface area contributed by atoms with E-state index in [9.17, 15) is 9.59 Å². The summed E-state index contributed by atoms with van der Waals surface area (Å²) in [5.74, 6) is 0.476. The van der Waals surface area contributed by atoms with Crippen molar-refractivity contribution in [2.75, 3.05) is 19.6 Å². The second-order valence-electron chi connectivity index (χ2n) is 14.2. The zero-order chi connectivity index (χ0) is 25.4. The summed E-state index contributed by atoms with van der Waals surface area (Å²) in [6.45, 7) is 10.4. The van der Waals surface area contributed by atoms with Crippen LogP contribution in [0.2, 0.25) is 0 Å². The molecule has 36 heavy (non-hydrogen) atoms. The van der Waals surface area contributed by atoms with Crippen LogP contribution in [0.1, 0.15) is 84.6 Å². The predicted molar refractivity (Wildman–Crippen MR) is 137 cm³/mol. The fraction of sp³-hybridized carbons (Fsp3) is 0.733. The van der Waals surface area contributed by atoms with E-state index in [1.54, 1.807) is 4.90 Å². The average Bonchev–Trinajstić information content (AvgIpc) is 2.79. The maximum Gasteiger partial charge on any atom is 0.413 e. The lowest BCUT2D eigenvalue weighted by Crippen LogP contribution is -2.71. The van der Waals surface area contributed by atoms with Crippen molar-refractivity contribution in [3.63, 3.8) is 0 Å². The maximum absolute atomic E-state index is 14.3. The van der Waals surface area contributed by atoms with Gasteiger partial charge in [-0.05, 0) is 108 Å². The first kappa shape index (κ1) is 24.3. The fourth-order valence-electron chi connectivity index (χ4n) is 9.21. The summed E-state index contributed by atoms with van der Waals surface area (Å²) in [5.41, 5.74) is 0.371. The number of rotatable bonds is 3. The van der Waals surface area contributed by atoms with Gasteiger partial charge in [0.1, 0.15) is 5.60 Å². The number of hydrogen-bond donors (Lipinski definition) is 1. The third-order valence-corrected chi connectivity index (χ3v) is 9.90. The van der Waals surface area contributed by atoms with Gasteiger partial charge in [0.15, 0.2) is 6.23 Å². The molecule has 6 aliphatic rings. The third kappa shape index (κ3) is 3.86. The molecule has 1 aromatic carbocycles. The Morgan fingerprint density at radius 2 is 1.72 bits per heavy atom. The van der Waals surface area contributed by atoms with Gasteiger partial charge in [-0.2, -0.15) is 0 Å². The molecule has 6 fully saturated rings. The standard InChI is InChI=1S/C30H42N2O4/c1-26(2,3)36-25(34)32-20-28(10-12-31-13-11-28)23(32)35-24(33)30-16-21-14-27(4,18-30)17-29(15-21,19-30)22-8-6-5-7-9-22/h5-9,21,23,31H,10-20H2,1-4H3. The summed E-state index contributed by atoms with van der Waals surface area (Å²) in [4.78, 5) is 29.0. The van der Waals surface area contributed by atoms with Crippen LogP contribution in [0, 0.1) is 22.2 Å². The Labute approximate surface area is 215 Å². The van der Waals surface area contributed by atoms with Gasteiger partial charge in [-0.1, -0.05) is 37.3 Å². The lowest BCUT2D eigenvalue weighted by Gasteiger charge is -2.65. The van der Waals surface area contributed by atoms with Crippen LogP contribution in [-0.2, 0) is 19.7 Å². The molecule has 4 aliphatic carbocycles. The van der Waals surface area contributed by atoms with Crippen molar-refractivity contribution in [3.05, 3.63) is 35.9 Å². The molecule has 0 radical (unpaired) electrons. The van der Waals surface area contributed by atoms with Gasteiger partial charge < -0.3 is 14.8 Å². The van der Waals surface area contributed by atoms with Gasteiger partial charge >= 0.3 is 12.1 Å². The van der Waals surface area contributed by atoms with Gasteiger partial charge in [-0.25, -0.2) is 4.79 Å². The van der Waals surface area contributed by atoms with E-state index in [2.05, 4.69) is 42.6 Å². The minimum absolute atomic E-state index is 0.0470. The Morgan fingerprint density at radius 3 is 2.39 bits per heavy atom. The Hall–Kier alpha value is -2.08. The zero-order valence-corrected chi connectivity index (χ0v) is 22.4. The maximum atomic E-state index is 14.3. The highest BCUT2D eigenvalue weighted by Gasteiger charge is 2.67. The van der Waals surface area contributed by atoms with Crippen LogP contribution in [0.25, 0.3) is 0 Å². The molecule has 1 spiro atoms. The predicted octanol–water partition coefficient (Wildman–Crippen LogP) is 5.40. The summed E-state index contributed by atoms with van der Waals surface area (Å²) in [7, 11) is 0. The quantitative estimate of drug-likeness (QED) is 0.570. The van der Waals surface area contributed by atoms with E-state index in [1.807, 2.05) is 20.8 Å². The van der Waals surface area contributed by atoms with E-state index < -0.39 is 17.2 Å². The molecule has 196 valence electrons. The van der Waals surface area contributed by atoms with Crippen molar-refractivity contribution in [2.24, 2.45) is 22.2 Å². The largest absolute Gasteiger partial charge is 0.444 e. The molecule has 5 atom stereocenters. The molecule has 2 aliphatic heterocycles. The fourth-order valence-corrected chi connectivity index (χ4v) is 9.21. The zero-order valence-electron chi connectivity index (χ0n) is 22.4. The number of ether oxygens (including phenoxy) is 2. The summed E-state index contributed by atoms with van der Waals surface area (Å²) in [6.07, 6.45) is 7.13. The molecule has 6 nitrogen and oxygen atoms in total. The van der Waals surface area contributed by atoms with E-state index in [-0.39, 0.29) is 28.3 Å². The molecule has 4 saturated carbocycles. The molecule has 4 bridgehead atoms. The summed E-state index contributed by atoms with van der Waals surface area (Å²) in [6, 6.07) is 10.9. The normalized spacial score (nSPS) is 38.5. The third-order valence-electron chi connectivity index (χ3n) is 9.90. The van der Waals surface area contributed by atoms with Crippen LogP contribution in [0.3, 0.4) is 0 Å². The first-order chi connectivity index (χ1) is 17.0. The number of nitrogens with one attached hydrogen (secondary N) is 1. The van der Waals surface area contributed by atoms with E-state index >= 15 is 0 Å². The minimum Gasteiger partial charge on any atom is -0.444 e. The van der Waals surface area contributed by atoms with Crippen molar-refractivity contribution < 1.29 is 19.1 Å². The second-order valence-corrected chi connectivity index (χ2v) is 14.2. The second kappa shape index (κ2) is 7.96. The van der Waals surface area contributed by atoms with Crippen molar-refractivity contribution in [2.45, 2.75) is 96.3 Å². The van der Waals surface area contributed by atoms with E-state index in [1.165, 1.54) is 18.4 Å². The number of amides is 1. The first-order valence-corrected chi connectivity index (χ1v) is 13.9. The van der Waals surface area contributed by atoms with Gasteiger partial charge in [-0.15, -0.1) is 0 Å². The topological polar surface area (TPSA) is 67.9 Å². The number of likely N-dealkylation sites (tertiary alicyclic amines) is 1. The van der Waals surface area contributed by atoms with Gasteiger partial charge in [0, 0.05) is 12.0 Å². The van der Waals surface area contributed by atoms with Crippen LogP contribution in [0.4, 0.5) is 4.79 Å². The minimum atomic E-state index is -0.584. The molecule has 2 heterocycles. The number of esters is 1. The number of piperidine rings is 1. The highest BCUT2D eigenvalue weighted by atomic mass is 16.6. The van der Waals surface area contributed by atoms with Crippen LogP contribution >= 0.6 is 0 Å². The molecule has 7 rings (SSSR count). The number of hydrogen-bond acceptors (Lipinski definition) is 5. The average molecular weight is 495 g/mol. The van der Waals surface area contributed by atoms with Crippen molar-refractivity contribution >= 4 is 12.1 Å². The molecule has 5 unspecified atom stereocenters. The monoisotopic (exact) mass is 494 g/mol. The Kier molecular flexibility index (Phi) is 5.36. The molecular weight excluding hydrogens is 452 g/mol. The summed E-state index contributed by atoms with van der Waals surface area (Å²) >= 11 is 0. The van der Waals surface area contributed by atoms with E-state index in [4.69, 9.17) is 9.47 Å². The molecule has 2 saturated heterocycles. The molecule has 0 aromatic heterocycles. The molecule has 1 aromatic rings. The lowest BCUT2D eigenvalue weighted by molar-refractivity contribution is -0.238. The number of nitrogens with zero attached hydrogens (tertiary/aromatic N) is 1. The Balaban J connectivity index is 1.29. The number of carbonyl (C=O) groups is 2. The van der Waals surface area contributed by atoms with Gasteiger partial charge in [0.2, 0.25) is 0 Å². The van der Waals surface area contributed by atoms with Crippen LogP contribution in [0.15, 0.2) is 30.3 Å². The molecular formula is C30H42N2O4. The SMILES string of the molecule is CC12CC3CC(C(=O)OC4N(C(=O)OC(C)(C)C)CC45CCNCC5)(C1)CC(c1ccccc1)(C3)C2. The van der Waals surface area contributed by atoms with E-state index in [0.29, 0.717) is 12.5 Å². The van der Waals surface area contributed by atoms with Crippen LogP contribution in [0.5, 0.6) is 0 Å². The van der Waals surface area contributed by atoms with Crippen molar-refractivity contribution in [1.82, 2.24) is 10.2 Å². The smallest absolute Gasteiger partial charge is 0.413 e. The highest BCUT2D eigenvalue weighted by Crippen LogP contribution is 2.70. The summed E-state index contributed by atoms with van der Waals surface area (Å²) in [5, 5.41) is 3.43. The Morgan fingerprint density at radius 1 is 1.00 bits per heavy atom. The van der Waals surface area contributed by atoms with Crippen LogP contribution < -0.4 is 5.32 Å². The Bertz CT molecular complexity index is 1040. The number of benzene rings is 1. The summed E-state index contributed by atoms with van der Waals surface area (Å²) < 4.78 is 12.2. The highest BCUT2D eigenvalue weighted by molar-refractivity contribution is 5.79. The van der Waals surface area contributed by atoms with Gasteiger partial charge in [0.25, 0.3) is 0 Å². The molecule has 1 amide bonds. The lowest BCUT2D eigenvalue weighted by atomic mass is 9.39. The van der Waals surface area contributed by atoms with Crippen molar-refractivity contribution in [1.29, 1.82) is 0 Å². The number of carbonyl (C=O) groups excluding carboxylic acids is 2. The van der Waals surface area contributed by atoms with Gasteiger partial charge in [-0.3, -0.25) is 9.69 Å². The van der Waals surface area contributed by atoms with Gasteiger partial charge in [0.05, 0.1) is 5.41 Å². The van der Waals surface area contributed by atoms with Crippen LogP contribution in [-0.4, -0.2) is 48.4 Å². The van der Waals surface area contributed by atoms with Crippen molar-refractivity contribution in [3.8, 4) is 0 Å². The first-order valence-electron chi connectivity index (χ1n) is 13.9. The van der Waals surface area contributed by atoms with E-state index in [0.717, 1.165) is 51.6 Å².